The number of methoxy groups -OCH3 is 1. The van der Waals surface area contributed by atoms with E-state index in [0.717, 1.165) is 0 Å². The van der Waals surface area contributed by atoms with Gasteiger partial charge in [-0.25, -0.2) is 0 Å². The molecule has 0 saturated carbocycles. The van der Waals surface area contributed by atoms with Crippen LogP contribution in [0.1, 0.15) is 0 Å². The second kappa shape index (κ2) is 5.85. The molecule has 0 spiro atoms. The summed E-state index contributed by atoms with van der Waals surface area (Å²) in [5, 5.41) is 21.9. The second-order valence-electron chi connectivity index (χ2n) is 3.15. The Labute approximate surface area is 88.0 Å². The Bertz CT molecular complexity index is 171. The molecule has 1 aliphatic rings. The zero-order chi connectivity index (χ0) is 10.6. The van der Waals surface area contributed by atoms with Crippen LogP contribution in [-0.4, -0.2) is 60.9 Å². The molecular formula is C8H16ClNO4. The van der Waals surface area contributed by atoms with Crippen LogP contribution in [0.5, 0.6) is 0 Å². The summed E-state index contributed by atoms with van der Waals surface area (Å²) in [7, 11) is 1.43. The van der Waals surface area contributed by atoms with Crippen LogP contribution in [-0.2, 0) is 9.47 Å². The van der Waals surface area contributed by atoms with Crippen molar-refractivity contribution >= 4 is 11.6 Å². The van der Waals surface area contributed by atoms with Crippen molar-refractivity contribution in [1.29, 1.82) is 0 Å². The van der Waals surface area contributed by atoms with E-state index in [1.807, 2.05) is 0 Å². The number of hydrogen-bond acceptors (Lipinski definition) is 5. The van der Waals surface area contributed by atoms with Gasteiger partial charge < -0.3 is 25.0 Å². The van der Waals surface area contributed by atoms with Crippen molar-refractivity contribution in [2.24, 2.45) is 0 Å². The molecule has 14 heavy (non-hydrogen) atoms. The number of nitrogens with one attached hydrogen (secondary N) is 1. The van der Waals surface area contributed by atoms with E-state index in [-0.39, 0.29) is 0 Å². The molecule has 0 amide bonds. The summed E-state index contributed by atoms with van der Waals surface area (Å²) in [6.45, 7) is 1.09. The van der Waals surface area contributed by atoms with E-state index in [2.05, 4.69) is 5.32 Å². The fraction of sp³-hybridized carbons (Fsp3) is 1.00. The third-order valence-corrected chi connectivity index (χ3v) is 2.36. The van der Waals surface area contributed by atoms with Crippen LogP contribution in [0.25, 0.3) is 0 Å². The molecule has 1 rings (SSSR count). The first kappa shape index (κ1) is 12.2. The number of hydrogen-bond donors (Lipinski definition) is 3. The lowest BCUT2D eigenvalue weighted by Gasteiger charge is -2.14. The van der Waals surface area contributed by atoms with Crippen molar-refractivity contribution in [3.05, 3.63) is 0 Å². The third-order valence-electron chi connectivity index (χ3n) is 2.17. The third kappa shape index (κ3) is 2.79. The van der Waals surface area contributed by atoms with Crippen molar-refractivity contribution < 1.29 is 19.7 Å². The van der Waals surface area contributed by atoms with Crippen LogP contribution in [0.2, 0.25) is 0 Å². The molecule has 0 aliphatic carbocycles. The average molecular weight is 226 g/mol. The zero-order valence-corrected chi connectivity index (χ0v) is 8.78. The Balaban J connectivity index is 2.32. The second-order valence-corrected chi connectivity index (χ2v) is 3.53. The van der Waals surface area contributed by atoms with Gasteiger partial charge in [0, 0.05) is 26.1 Å². The highest BCUT2D eigenvalue weighted by Crippen LogP contribution is 2.20. The van der Waals surface area contributed by atoms with Crippen molar-refractivity contribution in [2.45, 2.75) is 24.6 Å². The van der Waals surface area contributed by atoms with E-state index in [4.69, 9.17) is 21.1 Å². The standard InChI is InChI=1S/C8H16ClNO4/c1-13-8-7(12)6(11)5(14-8)4-10-3-2-9/h5-8,10-12H,2-4H2,1H3. The average Bonchev–Trinajstić information content (AvgIpc) is 2.46. The molecule has 0 aromatic carbocycles. The Kier molecular flexibility index (Phi) is 5.08. The molecule has 1 saturated heterocycles. The van der Waals surface area contributed by atoms with Gasteiger partial charge in [-0.2, -0.15) is 0 Å². The largest absolute Gasteiger partial charge is 0.387 e. The van der Waals surface area contributed by atoms with Gasteiger partial charge in [-0.05, 0) is 0 Å². The number of alkyl halides is 1. The molecule has 6 heteroatoms. The van der Waals surface area contributed by atoms with E-state index < -0.39 is 24.6 Å². The maximum atomic E-state index is 9.53. The fourth-order valence-electron chi connectivity index (χ4n) is 1.39. The molecule has 3 N–H and O–H groups in total. The topological polar surface area (TPSA) is 71.0 Å². The number of aliphatic hydroxyl groups excluding tert-OH is 2. The van der Waals surface area contributed by atoms with Crippen molar-refractivity contribution in [2.75, 3.05) is 26.1 Å². The Hall–Kier alpha value is 0.0900. The predicted molar refractivity (Wildman–Crippen MR) is 51.3 cm³/mol. The van der Waals surface area contributed by atoms with Gasteiger partial charge in [0.2, 0.25) is 0 Å². The molecule has 5 nitrogen and oxygen atoms in total. The van der Waals surface area contributed by atoms with E-state index in [1.54, 1.807) is 0 Å². The Morgan fingerprint density at radius 1 is 1.43 bits per heavy atom. The van der Waals surface area contributed by atoms with E-state index >= 15 is 0 Å². The monoisotopic (exact) mass is 225 g/mol. The van der Waals surface area contributed by atoms with Crippen molar-refractivity contribution in [3.8, 4) is 0 Å². The molecule has 84 valence electrons. The van der Waals surface area contributed by atoms with Crippen LogP contribution in [0, 0.1) is 0 Å². The quantitative estimate of drug-likeness (QED) is 0.410. The van der Waals surface area contributed by atoms with Crippen LogP contribution in [0.4, 0.5) is 0 Å². The van der Waals surface area contributed by atoms with Gasteiger partial charge in [-0.3, -0.25) is 0 Å². The number of halogens is 1. The minimum atomic E-state index is -0.984. The van der Waals surface area contributed by atoms with Gasteiger partial charge in [-0.1, -0.05) is 0 Å². The van der Waals surface area contributed by atoms with Crippen molar-refractivity contribution in [3.63, 3.8) is 0 Å². The smallest absolute Gasteiger partial charge is 0.186 e. The minimum absolute atomic E-state index is 0.446. The van der Waals surface area contributed by atoms with E-state index in [9.17, 15) is 10.2 Å². The number of ether oxygens (including phenoxy) is 2. The molecule has 1 heterocycles. The first-order valence-corrected chi connectivity index (χ1v) is 5.05. The summed E-state index contributed by atoms with van der Waals surface area (Å²) >= 11 is 5.47. The summed E-state index contributed by atoms with van der Waals surface area (Å²) in [6.07, 6.45) is -3.09. The van der Waals surface area contributed by atoms with Gasteiger partial charge in [0.05, 0.1) is 0 Å². The van der Waals surface area contributed by atoms with Gasteiger partial charge in [0.1, 0.15) is 18.3 Å². The first-order chi connectivity index (χ1) is 6.70. The number of rotatable bonds is 5. The maximum absolute atomic E-state index is 9.53. The molecule has 4 atom stereocenters. The molecule has 1 aliphatic heterocycles. The highest BCUT2D eigenvalue weighted by atomic mass is 35.5. The Morgan fingerprint density at radius 3 is 2.64 bits per heavy atom. The van der Waals surface area contributed by atoms with Crippen molar-refractivity contribution in [1.82, 2.24) is 5.32 Å². The van der Waals surface area contributed by atoms with E-state index in [1.165, 1.54) is 7.11 Å². The molecule has 1 fully saturated rings. The van der Waals surface area contributed by atoms with Gasteiger partial charge >= 0.3 is 0 Å². The lowest BCUT2D eigenvalue weighted by molar-refractivity contribution is -0.147. The molecule has 4 unspecified atom stereocenters. The highest BCUT2D eigenvalue weighted by Gasteiger charge is 2.42. The normalized spacial score (nSPS) is 37.7. The van der Waals surface area contributed by atoms with Gasteiger partial charge in [-0.15, -0.1) is 11.6 Å². The maximum Gasteiger partial charge on any atom is 0.186 e. The van der Waals surface area contributed by atoms with Crippen LogP contribution in [0.3, 0.4) is 0 Å². The molecule has 0 aromatic rings. The minimum Gasteiger partial charge on any atom is -0.387 e. The molecular weight excluding hydrogens is 210 g/mol. The lowest BCUT2D eigenvalue weighted by atomic mass is 10.1. The van der Waals surface area contributed by atoms with Crippen LogP contribution < -0.4 is 5.32 Å². The number of aliphatic hydroxyl groups is 2. The van der Waals surface area contributed by atoms with Crippen LogP contribution >= 0.6 is 11.6 Å². The Morgan fingerprint density at radius 2 is 2.14 bits per heavy atom. The molecule has 0 bridgehead atoms. The summed E-state index contributed by atoms with van der Waals surface area (Å²) in [6, 6.07) is 0. The fourth-order valence-corrected chi connectivity index (χ4v) is 1.52. The zero-order valence-electron chi connectivity index (χ0n) is 8.02. The SMILES string of the molecule is COC1OC(CNCCCl)C(O)C1O. The lowest BCUT2D eigenvalue weighted by Crippen LogP contribution is -2.38. The van der Waals surface area contributed by atoms with E-state index in [0.29, 0.717) is 19.0 Å². The van der Waals surface area contributed by atoms with Gasteiger partial charge in [0.15, 0.2) is 6.29 Å². The predicted octanol–water partition coefficient (Wildman–Crippen LogP) is -1.09. The summed E-state index contributed by atoms with van der Waals surface area (Å²) in [5.74, 6) is 0.499. The van der Waals surface area contributed by atoms with Gasteiger partial charge in [0.25, 0.3) is 0 Å². The van der Waals surface area contributed by atoms with Crippen LogP contribution in [0.15, 0.2) is 0 Å². The summed E-state index contributed by atoms with van der Waals surface area (Å²) < 4.78 is 10.1. The molecule has 0 radical (unpaired) electrons. The summed E-state index contributed by atoms with van der Waals surface area (Å²) in [4.78, 5) is 0. The highest BCUT2D eigenvalue weighted by molar-refractivity contribution is 6.18. The summed E-state index contributed by atoms with van der Waals surface area (Å²) in [5.41, 5.74) is 0. The molecule has 0 aromatic heterocycles. The first-order valence-electron chi connectivity index (χ1n) is 4.51.